The fraction of sp³-hybridized carbons (Fsp3) is 1.00. The molecule has 0 aliphatic carbocycles. The molecule has 1 fully saturated rings. The van der Waals surface area contributed by atoms with Crippen molar-refractivity contribution in [1.29, 1.82) is 0 Å². The Morgan fingerprint density at radius 3 is 2.09 bits per heavy atom. The van der Waals surface area contributed by atoms with Crippen molar-refractivity contribution in [2.75, 3.05) is 32.8 Å². The van der Waals surface area contributed by atoms with Crippen molar-refractivity contribution in [1.82, 2.24) is 4.90 Å². The fourth-order valence-electron chi connectivity index (χ4n) is 0.989. The maximum atomic E-state index is 5.37. The van der Waals surface area contributed by atoms with Crippen LogP contribution >= 0.6 is 0 Å². The van der Waals surface area contributed by atoms with Gasteiger partial charge in [-0.15, -0.1) is 0 Å². The van der Waals surface area contributed by atoms with Gasteiger partial charge in [0.15, 0.2) is 6.29 Å². The van der Waals surface area contributed by atoms with Gasteiger partial charge >= 0.3 is 0 Å². The van der Waals surface area contributed by atoms with Crippen molar-refractivity contribution in [2.45, 2.75) is 20.1 Å². The van der Waals surface area contributed by atoms with Crippen LogP contribution in [-0.2, 0) is 9.47 Å². The van der Waals surface area contributed by atoms with Crippen LogP contribution in [0.4, 0.5) is 0 Å². The molecule has 66 valence electrons. The maximum absolute atomic E-state index is 5.37. The second-order valence-electron chi connectivity index (χ2n) is 2.64. The molecule has 3 nitrogen and oxygen atoms in total. The Bertz CT molecular complexity index is 98.3. The summed E-state index contributed by atoms with van der Waals surface area (Å²) in [4.78, 5) is 2.30. The molecular formula is C8H17NO2. The van der Waals surface area contributed by atoms with Crippen LogP contribution in [0.5, 0.6) is 0 Å². The molecule has 0 saturated carbocycles. The molecule has 1 heterocycles. The molecule has 11 heavy (non-hydrogen) atoms. The lowest BCUT2D eigenvalue weighted by molar-refractivity contribution is -0.139. The lowest BCUT2D eigenvalue weighted by Crippen LogP contribution is -2.26. The molecule has 0 aromatic rings. The minimum Gasteiger partial charge on any atom is -0.352 e. The van der Waals surface area contributed by atoms with Crippen LogP contribution in [0, 0.1) is 0 Å². The first-order valence-corrected chi connectivity index (χ1v) is 4.32. The second-order valence-corrected chi connectivity index (χ2v) is 2.64. The van der Waals surface area contributed by atoms with Gasteiger partial charge in [-0.2, -0.15) is 0 Å². The lowest BCUT2D eigenvalue weighted by Gasteiger charge is -2.16. The number of ether oxygens (including phenoxy) is 2. The zero-order chi connectivity index (χ0) is 8.10. The van der Waals surface area contributed by atoms with Crippen molar-refractivity contribution in [2.24, 2.45) is 0 Å². The van der Waals surface area contributed by atoms with Gasteiger partial charge in [0.05, 0.1) is 0 Å². The summed E-state index contributed by atoms with van der Waals surface area (Å²) in [6.45, 7) is 8.80. The molecule has 0 bridgehead atoms. The van der Waals surface area contributed by atoms with Gasteiger partial charge in [-0.3, -0.25) is 4.90 Å². The minimum atomic E-state index is -0.00694. The van der Waals surface area contributed by atoms with Gasteiger partial charge in [0.25, 0.3) is 0 Å². The highest BCUT2D eigenvalue weighted by Crippen LogP contribution is 2.07. The first-order chi connectivity index (χ1) is 5.36. The molecule has 1 aliphatic heterocycles. The number of rotatable bonds is 6. The van der Waals surface area contributed by atoms with Crippen LogP contribution in [0.2, 0.25) is 0 Å². The van der Waals surface area contributed by atoms with E-state index in [1.807, 2.05) is 13.8 Å². The minimum absolute atomic E-state index is 0.00694. The number of hydrogen-bond acceptors (Lipinski definition) is 3. The first kappa shape index (κ1) is 8.97. The Labute approximate surface area is 68.3 Å². The van der Waals surface area contributed by atoms with Crippen LogP contribution in [0.15, 0.2) is 0 Å². The molecule has 1 rings (SSSR count). The zero-order valence-electron chi connectivity index (χ0n) is 7.38. The maximum Gasteiger partial charge on any atom is 0.170 e. The van der Waals surface area contributed by atoms with Crippen LogP contribution in [-0.4, -0.2) is 44.0 Å². The molecule has 1 saturated heterocycles. The summed E-state index contributed by atoms with van der Waals surface area (Å²) in [6.07, 6.45) is -0.00694. The van der Waals surface area contributed by atoms with Crippen LogP contribution in [0.25, 0.3) is 0 Å². The molecule has 0 unspecified atom stereocenters. The summed E-state index contributed by atoms with van der Waals surface area (Å²) in [5.41, 5.74) is 0. The number of nitrogens with zero attached hydrogens (tertiary/aromatic N) is 1. The topological polar surface area (TPSA) is 21.5 Å². The Morgan fingerprint density at radius 1 is 1.18 bits per heavy atom. The smallest absolute Gasteiger partial charge is 0.170 e. The van der Waals surface area contributed by atoms with E-state index in [1.54, 1.807) is 0 Å². The molecule has 3 heteroatoms. The first-order valence-electron chi connectivity index (χ1n) is 4.32. The predicted octanol–water partition coefficient (Wildman–Crippen LogP) is 0.701. The Balaban J connectivity index is 2.08. The average molecular weight is 159 g/mol. The SMILES string of the molecule is CCOC(CN1CC1)OCC. The van der Waals surface area contributed by atoms with E-state index in [4.69, 9.17) is 9.47 Å². The van der Waals surface area contributed by atoms with E-state index in [1.165, 1.54) is 13.1 Å². The van der Waals surface area contributed by atoms with E-state index < -0.39 is 0 Å². The van der Waals surface area contributed by atoms with Crippen molar-refractivity contribution < 1.29 is 9.47 Å². The average Bonchev–Trinajstić information content (AvgIpc) is 2.73. The van der Waals surface area contributed by atoms with Crippen molar-refractivity contribution in [3.63, 3.8) is 0 Å². The van der Waals surface area contributed by atoms with E-state index in [-0.39, 0.29) is 6.29 Å². The van der Waals surface area contributed by atoms with Gasteiger partial charge in [-0.05, 0) is 13.8 Å². The predicted molar refractivity (Wildman–Crippen MR) is 43.5 cm³/mol. The fourth-order valence-corrected chi connectivity index (χ4v) is 0.989. The third-order valence-corrected chi connectivity index (χ3v) is 1.65. The highest BCUT2D eigenvalue weighted by molar-refractivity contribution is 4.73. The van der Waals surface area contributed by atoms with Crippen molar-refractivity contribution in [3.8, 4) is 0 Å². The highest BCUT2D eigenvalue weighted by Gasteiger charge is 2.22. The van der Waals surface area contributed by atoms with E-state index in [0.717, 1.165) is 19.8 Å². The highest BCUT2D eigenvalue weighted by atomic mass is 16.7. The summed E-state index contributed by atoms with van der Waals surface area (Å²) in [6, 6.07) is 0. The van der Waals surface area contributed by atoms with Crippen LogP contribution < -0.4 is 0 Å². The summed E-state index contributed by atoms with van der Waals surface area (Å²) in [5.74, 6) is 0. The Kier molecular flexibility index (Phi) is 3.83. The normalized spacial score (nSPS) is 17.7. The molecule has 1 aliphatic rings. The van der Waals surface area contributed by atoms with Crippen LogP contribution in [0.3, 0.4) is 0 Å². The van der Waals surface area contributed by atoms with Gasteiger partial charge in [0, 0.05) is 32.8 Å². The zero-order valence-corrected chi connectivity index (χ0v) is 7.38. The van der Waals surface area contributed by atoms with Gasteiger partial charge in [-0.1, -0.05) is 0 Å². The summed E-state index contributed by atoms with van der Waals surface area (Å²) in [5, 5.41) is 0. The van der Waals surface area contributed by atoms with Crippen molar-refractivity contribution in [3.05, 3.63) is 0 Å². The molecule has 0 radical (unpaired) electrons. The molecule has 0 aromatic heterocycles. The van der Waals surface area contributed by atoms with Crippen LogP contribution in [0.1, 0.15) is 13.8 Å². The summed E-state index contributed by atoms with van der Waals surface area (Å²) in [7, 11) is 0. The molecule has 0 amide bonds. The Morgan fingerprint density at radius 2 is 1.73 bits per heavy atom. The number of hydrogen-bond donors (Lipinski definition) is 0. The quantitative estimate of drug-likeness (QED) is 0.420. The standard InChI is InChI=1S/C8H17NO2/c1-3-10-8(11-4-2)7-9-5-6-9/h8H,3-7H2,1-2H3. The van der Waals surface area contributed by atoms with E-state index >= 15 is 0 Å². The Hall–Kier alpha value is -0.120. The third-order valence-electron chi connectivity index (χ3n) is 1.65. The summed E-state index contributed by atoms with van der Waals surface area (Å²) >= 11 is 0. The van der Waals surface area contributed by atoms with Gasteiger partial charge < -0.3 is 9.47 Å². The lowest BCUT2D eigenvalue weighted by atomic mass is 10.6. The molecule has 0 atom stereocenters. The molecular weight excluding hydrogens is 142 g/mol. The second kappa shape index (κ2) is 4.70. The van der Waals surface area contributed by atoms with E-state index in [9.17, 15) is 0 Å². The molecule has 0 aromatic carbocycles. The largest absolute Gasteiger partial charge is 0.352 e. The summed E-state index contributed by atoms with van der Waals surface area (Å²) < 4.78 is 10.7. The van der Waals surface area contributed by atoms with Gasteiger partial charge in [0.2, 0.25) is 0 Å². The third kappa shape index (κ3) is 3.70. The van der Waals surface area contributed by atoms with E-state index in [0.29, 0.717) is 0 Å². The molecule has 0 N–H and O–H groups in total. The van der Waals surface area contributed by atoms with Gasteiger partial charge in [-0.25, -0.2) is 0 Å². The molecule has 0 spiro atoms. The van der Waals surface area contributed by atoms with E-state index in [2.05, 4.69) is 4.90 Å². The van der Waals surface area contributed by atoms with Crippen molar-refractivity contribution >= 4 is 0 Å². The van der Waals surface area contributed by atoms with Gasteiger partial charge in [0.1, 0.15) is 0 Å². The monoisotopic (exact) mass is 159 g/mol.